The summed E-state index contributed by atoms with van der Waals surface area (Å²) >= 11 is 0. The fraction of sp³-hybridized carbons (Fsp3) is 0.444. The molecule has 4 rings (SSSR count). The second-order valence-corrected chi connectivity index (χ2v) is 6.87. The van der Waals surface area contributed by atoms with E-state index >= 15 is 0 Å². The van der Waals surface area contributed by atoms with Crippen LogP contribution in [0.1, 0.15) is 30.5 Å². The standard InChI is InChI=1S/C18H23N5O/c24-17-11-18(21-16-4-2-1-3-14(16)12-19-17)6-9-23(10-7-18)13-15-5-8-20-22-15/h1-5,8,21H,6-7,9-13H2,(H,19,24)(H,20,22). The van der Waals surface area contributed by atoms with E-state index < -0.39 is 0 Å². The van der Waals surface area contributed by atoms with Gasteiger partial charge in [0, 0.05) is 55.7 Å². The maximum absolute atomic E-state index is 12.3. The molecule has 3 heterocycles. The number of aromatic nitrogens is 2. The number of nitrogens with zero attached hydrogens (tertiary/aromatic N) is 2. The highest BCUT2D eigenvalue weighted by Gasteiger charge is 2.37. The second-order valence-electron chi connectivity index (χ2n) is 6.87. The van der Waals surface area contributed by atoms with Gasteiger partial charge in [0.25, 0.3) is 0 Å². The molecule has 1 saturated heterocycles. The first-order valence-electron chi connectivity index (χ1n) is 8.56. The Kier molecular flexibility index (Phi) is 3.98. The molecule has 1 aromatic carbocycles. The zero-order valence-corrected chi connectivity index (χ0v) is 13.7. The molecule has 1 spiro atoms. The van der Waals surface area contributed by atoms with E-state index in [2.05, 4.69) is 43.9 Å². The van der Waals surface area contributed by atoms with Crippen LogP contribution in [0.15, 0.2) is 36.5 Å². The van der Waals surface area contributed by atoms with Gasteiger partial charge in [-0.3, -0.25) is 14.8 Å². The predicted octanol–water partition coefficient (Wildman–Crippen LogP) is 1.88. The number of piperidine rings is 1. The zero-order valence-electron chi connectivity index (χ0n) is 13.7. The monoisotopic (exact) mass is 325 g/mol. The van der Waals surface area contributed by atoms with Gasteiger partial charge in [0.2, 0.25) is 5.91 Å². The molecule has 6 heteroatoms. The van der Waals surface area contributed by atoms with Crippen LogP contribution in [0.3, 0.4) is 0 Å². The first-order valence-corrected chi connectivity index (χ1v) is 8.56. The predicted molar refractivity (Wildman–Crippen MR) is 92.4 cm³/mol. The number of carbonyl (C=O) groups is 1. The Morgan fingerprint density at radius 3 is 2.79 bits per heavy atom. The Bertz CT molecular complexity index is 704. The molecule has 0 atom stereocenters. The van der Waals surface area contributed by atoms with Gasteiger partial charge in [0.05, 0.1) is 0 Å². The first kappa shape index (κ1) is 15.2. The van der Waals surface area contributed by atoms with E-state index in [4.69, 9.17) is 0 Å². The quantitative estimate of drug-likeness (QED) is 0.788. The van der Waals surface area contributed by atoms with Gasteiger partial charge in [-0.25, -0.2) is 0 Å². The number of aromatic amines is 1. The third-order valence-corrected chi connectivity index (χ3v) is 5.16. The van der Waals surface area contributed by atoms with Crippen LogP contribution in [0.4, 0.5) is 5.69 Å². The molecule has 0 radical (unpaired) electrons. The van der Waals surface area contributed by atoms with E-state index in [-0.39, 0.29) is 11.4 Å². The minimum Gasteiger partial charge on any atom is -0.379 e. The van der Waals surface area contributed by atoms with Crippen LogP contribution in [0.2, 0.25) is 0 Å². The summed E-state index contributed by atoms with van der Waals surface area (Å²) in [7, 11) is 0. The van der Waals surface area contributed by atoms with E-state index in [1.54, 1.807) is 6.20 Å². The molecule has 126 valence electrons. The van der Waals surface area contributed by atoms with Crippen molar-refractivity contribution in [1.82, 2.24) is 20.4 Å². The third-order valence-electron chi connectivity index (χ3n) is 5.16. The fourth-order valence-corrected chi connectivity index (χ4v) is 3.74. The number of nitrogens with one attached hydrogen (secondary N) is 3. The normalized spacial score (nSPS) is 20.6. The molecule has 3 N–H and O–H groups in total. The Balaban J connectivity index is 1.49. The lowest BCUT2D eigenvalue weighted by Gasteiger charge is -2.43. The molecule has 1 fully saturated rings. The lowest BCUT2D eigenvalue weighted by molar-refractivity contribution is -0.122. The summed E-state index contributed by atoms with van der Waals surface area (Å²) in [6.07, 6.45) is 4.25. The van der Waals surface area contributed by atoms with Crippen LogP contribution < -0.4 is 10.6 Å². The molecule has 2 aliphatic heterocycles. The summed E-state index contributed by atoms with van der Waals surface area (Å²) < 4.78 is 0. The Morgan fingerprint density at radius 1 is 1.17 bits per heavy atom. The molecule has 2 aromatic rings. The molecule has 1 aromatic heterocycles. The highest BCUT2D eigenvalue weighted by molar-refractivity contribution is 5.79. The number of carbonyl (C=O) groups excluding carboxylic acids is 1. The number of H-pyrrole nitrogens is 1. The van der Waals surface area contributed by atoms with Gasteiger partial charge in [0.15, 0.2) is 0 Å². The number of benzene rings is 1. The lowest BCUT2D eigenvalue weighted by atomic mass is 9.82. The van der Waals surface area contributed by atoms with Crippen LogP contribution in [0.25, 0.3) is 0 Å². The average Bonchev–Trinajstić information content (AvgIpc) is 3.08. The summed E-state index contributed by atoms with van der Waals surface area (Å²) in [5.41, 5.74) is 3.30. The second kappa shape index (κ2) is 6.28. The Labute approximate surface area is 141 Å². The highest BCUT2D eigenvalue weighted by Crippen LogP contribution is 2.33. The van der Waals surface area contributed by atoms with Gasteiger partial charge in [0.1, 0.15) is 0 Å². The lowest BCUT2D eigenvalue weighted by Crippen LogP contribution is -2.52. The van der Waals surface area contributed by atoms with Crippen LogP contribution in [0, 0.1) is 0 Å². The van der Waals surface area contributed by atoms with Gasteiger partial charge < -0.3 is 10.6 Å². The zero-order chi connectivity index (χ0) is 16.4. The number of fused-ring (bicyclic) bond motifs is 1. The summed E-state index contributed by atoms with van der Waals surface area (Å²) in [5, 5.41) is 13.8. The number of rotatable bonds is 2. The maximum atomic E-state index is 12.3. The molecule has 0 aliphatic carbocycles. The minimum absolute atomic E-state index is 0.138. The van der Waals surface area contributed by atoms with Crippen LogP contribution in [0.5, 0.6) is 0 Å². The van der Waals surface area contributed by atoms with Gasteiger partial charge in [-0.2, -0.15) is 5.10 Å². The third kappa shape index (κ3) is 3.14. The summed E-state index contributed by atoms with van der Waals surface area (Å²) in [6, 6.07) is 10.3. The van der Waals surface area contributed by atoms with Crippen molar-refractivity contribution in [2.24, 2.45) is 0 Å². The Morgan fingerprint density at radius 2 is 2.00 bits per heavy atom. The summed E-state index contributed by atoms with van der Waals surface area (Å²) in [4.78, 5) is 14.7. The Hall–Kier alpha value is -2.34. The molecular weight excluding hydrogens is 302 g/mol. The van der Waals surface area contributed by atoms with Gasteiger partial charge in [-0.05, 0) is 30.5 Å². The van der Waals surface area contributed by atoms with Crippen molar-refractivity contribution in [2.45, 2.75) is 37.9 Å². The van der Waals surface area contributed by atoms with Crippen molar-refractivity contribution >= 4 is 11.6 Å². The van der Waals surface area contributed by atoms with Crippen molar-refractivity contribution in [3.05, 3.63) is 47.8 Å². The van der Waals surface area contributed by atoms with Crippen molar-refractivity contribution in [1.29, 1.82) is 0 Å². The molecule has 1 amide bonds. The van der Waals surface area contributed by atoms with Crippen LogP contribution >= 0.6 is 0 Å². The summed E-state index contributed by atoms with van der Waals surface area (Å²) in [6.45, 7) is 3.44. The number of amides is 1. The average molecular weight is 325 g/mol. The van der Waals surface area contributed by atoms with Crippen molar-refractivity contribution in [2.75, 3.05) is 18.4 Å². The van der Waals surface area contributed by atoms with E-state index in [1.807, 2.05) is 12.1 Å². The first-order chi connectivity index (χ1) is 11.7. The smallest absolute Gasteiger partial charge is 0.222 e. The van der Waals surface area contributed by atoms with Gasteiger partial charge in [-0.15, -0.1) is 0 Å². The number of likely N-dealkylation sites (tertiary alicyclic amines) is 1. The SMILES string of the molecule is O=C1CC2(CCN(Cc3ccn[nH]3)CC2)Nc2ccccc2CN1. The van der Waals surface area contributed by atoms with Crippen molar-refractivity contribution < 1.29 is 4.79 Å². The summed E-state index contributed by atoms with van der Waals surface area (Å²) in [5.74, 6) is 0.138. The minimum atomic E-state index is -0.148. The largest absolute Gasteiger partial charge is 0.379 e. The molecular formula is C18H23N5O. The van der Waals surface area contributed by atoms with Gasteiger partial charge in [-0.1, -0.05) is 18.2 Å². The van der Waals surface area contributed by atoms with E-state index in [0.717, 1.165) is 49.4 Å². The maximum Gasteiger partial charge on any atom is 0.222 e. The van der Waals surface area contributed by atoms with E-state index in [0.29, 0.717) is 13.0 Å². The van der Waals surface area contributed by atoms with Crippen LogP contribution in [-0.2, 0) is 17.9 Å². The van der Waals surface area contributed by atoms with E-state index in [9.17, 15) is 4.79 Å². The molecule has 2 aliphatic rings. The van der Waals surface area contributed by atoms with Crippen molar-refractivity contribution in [3.63, 3.8) is 0 Å². The van der Waals surface area contributed by atoms with Gasteiger partial charge >= 0.3 is 0 Å². The topological polar surface area (TPSA) is 73.0 Å². The molecule has 0 bridgehead atoms. The van der Waals surface area contributed by atoms with Crippen molar-refractivity contribution in [3.8, 4) is 0 Å². The molecule has 6 nitrogen and oxygen atoms in total. The number of hydrogen-bond donors (Lipinski definition) is 3. The number of para-hydroxylation sites is 1. The highest BCUT2D eigenvalue weighted by atomic mass is 16.1. The molecule has 0 unspecified atom stereocenters. The van der Waals surface area contributed by atoms with Crippen LogP contribution in [-0.4, -0.2) is 39.6 Å². The molecule has 24 heavy (non-hydrogen) atoms. The number of anilines is 1. The fourth-order valence-electron chi connectivity index (χ4n) is 3.74. The van der Waals surface area contributed by atoms with E-state index in [1.165, 1.54) is 0 Å². The number of hydrogen-bond acceptors (Lipinski definition) is 4. The molecule has 0 saturated carbocycles.